The number of sulfonamides is 1. The number of carbonyl (C=O) groups excluding carboxylic acids is 2. The quantitative estimate of drug-likeness (QED) is 0.436. The van der Waals surface area contributed by atoms with E-state index in [9.17, 15) is 18.0 Å². The number of nitrogens with zero attached hydrogens (tertiary/aromatic N) is 2. The second-order valence-electron chi connectivity index (χ2n) is 8.49. The van der Waals surface area contributed by atoms with Gasteiger partial charge in [0.25, 0.3) is 0 Å². The molecule has 0 bridgehead atoms. The van der Waals surface area contributed by atoms with Crippen molar-refractivity contribution >= 4 is 43.5 Å². The standard InChI is InChI=1S/C25H32BrN3O6S/c1-4-27-25(31)18(2)28(17-19-7-9-20(26)10-8-19)24(30)6-5-13-29(36(3,32)33)21-11-12-22-23(16-21)35-15-14-34-22/h7-12,16,18H,4-6,13-15,17H2,1-3H3,(H,27,31)/t18-/m1/s1. The molecule has 0 radical (unpaired) electrons. The third-order valence-electron chi connectivity index (χ3n) is 5.75. The number of hydrogen-bond donors (Lipinski definition) is 1. The van der Waals surface area contributed by atoms with Crippen molar-refractivity contribution in [3.63, 3.8) is 0 Å². The lowest BCUT2D eigenvalue weighted by Crippen LogP contribution is -2.47. The number of rotatable bonds is 11. The van der Waals surface area contributed by atoms with Crippen molar-refractivity contribution in [3.8, 4) is 11.5 Å². The van der Waals surface area contributed by atoms with E-state index in [-0.39, 0.29) is 37.7 Å². The smallest absolute Gasteiger partial charge is 0.242 e. The molecule has 1 heterocycles. The van der Waals surface area contributed by atoms with Crippen molar-refractivity contribution in [1.29, 1.82) is 0 Å². The molecule has 2 aromatic carbocycles. The van der Waals surface area contributed by atoms with E-state index < -0.39 is 16.1 Å². The summed E-state index contributed by atoms with van der Waals surface area (Å²) in [5, 5.41) is 2.77. The molecule has 0 aromatic heterocycles. The second-order valence-corrected chi connectivity index (χ2v) is 11.3. The lowest BCUT2D eigenvalue weighted by atomic mass is 10.1. The van der Waals surface area contributed by atoms with E-state index in [0.717, 1.165) is 16.3 Å². The second kappa shape index (κ2) is 12.4. The molecule has 0 unspecified atom stereocenters. The Kier molecular flexibility index (Phi) is 9.61. The molecule has 196 valence electrons. The first-order valence-electron chi connectivity index (χ1n) is 11.8. The zero-order valence-electron chi connectivity index (χ0n) is 20.7. The van der Waals surface area contributed by atoms with Gasteiger partial charge >= 0.3 is 0 Å². The number of halogens is 1. The van der Waals surface area contributed by atoms with E-state index in [1.165, 1.54) is 9.21 Å². The minimum atomic E-state index is -3.61. The zero-order chi connectivity index (χ0) is 26.3. The van der Waals surface area contributed by atoms with Gasteiger partial charge in [0, 0.05) is 36.6 Å². The molecule has 0 saturated carbocycles. The fourth-order valence-electron chi connectivity index (χ4n) is 3.88. The number of benzene rings is 2. The predicted octanol–water partition coefficient (Wildman–Crippen LogP) is 3.32. The third kappa shape index (κ3) is 7.36. The molecule has 11 heteroatoms. The van der Waals surface area contributed by atoms with Crippen LogP contribution < -0.4 is 19.1 Å². The number of hydrogen-bond acceptors (Lipinski definition) is 6. The molecule has 1 atom stereocenters. The van der Waals surface area contributed by atoms with Crippen molar-refractivity contribution < 1.29 is 27.5 Å². The summed E-state index contributed by atoms with van der Waals surface area (Å²) in [5.74, 6) is 0.584. The Labute approximate surface area is 220 Å². The largest absolute Gasteiger partial charge is 0.486 e. The van der Waals surface area contributed by atoms with Gasteiger partial charge in [0.15, 0.2) is 11.5 Å². The van der Waals surface area contributed by atoms with E-state index in [1.807, 2.05) is 31.2 Å². The number of anilines is 1. The fourth-order valence-corrected chi connectivity index (χ4v) is 5.10. The minimum Gasteiger partial charge on any atom is -0.486 e. The van der Waals surface area contributed by atoms with Crippen molar-refractivity contribution in [2.24, 2.45) is 0 Å². The van der Waals surface area contributed by atoms with Crippen LogP contribution in [0.4, 0.5) is 5.69 Å². The molecule has 1 aliphatic heterocycles. The van der Waals surface area contributed by atoms with Crippen molar-refractivity contribution in [2.45, 2.75) is 39.3 Å². The van der Waals surface area contributed by atoms with Crippen LogP contribution in [0.25, 0.3) is 0 Å². The van der Waals surface area contributed by atoms with Crippen LogP contribution in [0.2, 0.25) is 0 Å². The SMILES string of the molecule is CCNC(=O)[C@@H](C)N(Cc1ccc(Br)cc1)C(=O)CCCN(c1ccc2c(c1)OCCO2)S(C)(=O)=O. The summed E-state index contributed by atoms with van der Waals surface area (Å²) < 4.78 is 38.4. The summed E-state index contributed by atoms with van der Waals surface area (Å²) in [4.78, 5) is 27.3. The fraction of sp³-hybridized carbons (Fsp3) is 0.440. The van der Waals surface area contributed by atoms with Crippen molar-refractivity contribution in [2.75, 3.05) is 36.9 Å². The van der Waals surface area contributed by atoms with Crippen LogP contribution in [-0.4, -0.2) is 63.7 Å². The van der Waals surface area contributed by atoms with E-state index in [4.69, 9.17) is 9.47 Å². The highest BCUT2D eigenvalue weighted by molar-refractivity contribution is 9.10. The minimum absolute atomic E-state index is 0.0802. The van der Waals surface area contributed by atoms with Crippen LogP contribution >= 0.6 is 15.9 Å². The van der Waals surface area contributed by atoms with Crippen molar-refractivity contribution in [3.05, 3.63) is 52.5 Å². The highest BCUT2D eigenvalue weighted by atomic mass is 79.9. The molecule has 1 aliphatic rings. The Hall–Kier alpha value is -2.79. The Morgan fingerprint density at radius 3 is 2.39 bits per heavy atom. The van der Waals surface area contributed by atoms with E-state index in [2.05, 4.69) is 21.2 Å². The Morgan fingerprint density at radius 1 is 1.08 bits per heavy atom. The Bertz CT molecular complexity index is 1170. The zero-order valence-corrected chi connectivity index (χ0v) is 23.1. The van der Waals surface area contributed by atoms with Crippen LogP contribution in [0.3, 0.4) is 0 Å². The van der Waals surface area contributed by atoms with Gasteiger partial charge in [-0.1, -0.05) is 28.1 Å². The average molecular weight is 583 g/mol. The summed E-state index contributed by atoms with van der Waals surface area (Å²) in [7, 11) is -3.61. The van der Waals surface area contributed by atoms with Crippen molar-refractivity contribution in [1.82, 2.24) is 10.2 Å². The lowest BCUT2D eigenvalue weighted by molar-refractivity contribution is -0.140. The van der Waals surface area contributed by atoms with Crippen LogP contribution in [-0.2, 0) is 26.2 Å². The monoisotopic (exact) mass is 581 g/mol. The molecule has 2 aromatic rings. The number of fused-ring (bicyclic) bond motifs is 1. The maximum atomic E-state index is 13.3. The molecule has 2 amide bonds. The van der Waals surface area contributed by atoms with Gasteiger partial charge in [-0.15, -0.1) is 0 Å². The molecular formula is C25H32BrN3O6S. The normalized spacial score (nSPS) is 13.6. The molecule has 0 aliphatic carbocycles. The Morgan fingerprint density at radius 2 is 1.75 bits per heavy atom. The van der Waals surface area contributed by atoms with Crippen LogP contribution in [0.1, 0.15) is 32.3 Å². The van der Waals surface area contributed by atoms with Gasteiger partial charge < -0.3 is 19.7 Å². The number of amides is 2. The predicted molar refractivity (Wildman–Crippen MR) is 142 cm³/mol. The molecule has 0 fully saturated rings. The van der Waals surface area contributed by atoms with Gasteiger partial charge in [-0.05, 0) is 50.1 Å². The van der Waals surface area contributed by atoms with E-state index in [0.29, 0.717) is 36.9 Å². The first kappa shape index (κ1) is 27.8. The summed E-state index contributed by atoms with van der Waals surface area (Å²) >= 11 is 3.40. The maximum absolute atomic E-state index is 13.3. The maximum Gasteiger partial charge on any atom is 0.242 e. The summed E-state index contributed by atoms with van der Waals surface area (Å²) in [5.41, 5.74) is 1.33. The Balaban J connectivity index is 1.72. The lowest BCUT2D eigenvalue weighted by Gasteiger charge is -2.29. The summed E-state index contributed by atoms with van der Waals surface area (Å²) in [6, 6.07) is 11.8. The molecule has 1 N–H and O–H groups in total. The molecule has 36 heavy (non-hydrogen) atoms. The van der Waals surface area contributed by atoms with Gasteiger partial charge in [0.1, 0.15) is 19.3 Å². The summed E-state index contributed by atoms with van der Waals surface area (Å²) in [6.45, 7) is 5.18. The van der Waals surface area contributed by atoms with Gasteiger partial charge in [-0.2, -0.15) is 0 Å². The number of ether oxygens (including phenoxy) is 2. The highest BCUT2D eigenvalue weighted by Crippen LogP contribution is 2.34. The van der Waals surface area contributed by atoms with Crippen LogP contribution in [0, 0.1) is 0 Å². The number of carbonyl (C=O) groups is 2. The molecule has 9 nitrogen and oxygen atoms in total. The third-order valence-corrected chi connectivity index (χ3v) is 7.47. The highest BCUT2D eigenvalue weighted by Gasteiger charge is 2.27. The molecule has 3 rings (SSSR count). The van der Waals surface area contributed by atoms with Gasteiger partial charge in [0.2, 0.25) is 21.8 Å². The molecular weight excluding hydrogens is 550 g/mol. The molecule has 0 saturated heterocycles. The first-order chi connectivity index (χ1) is 17.1. The number of nitrogens with one attached hydrogen (secondary N) is 1. The summed E-state index contributed by atoms with van der Waals surface area (Å²) in [6.07, 6.45) is 1.48. The van der Waals surface area contributed by atoms with Gasteiger partial charge in [-0.3, -0.25) is 13.9 Å². The average Bonchev–Trinajstić information content (AvgIpc) is 2.85. The number of likely N-dealkylation sites (N-methyl/N-ethyl adjacent to an activating group) is 1. The van der Waals surface area contributed by atoms with E-state index >= 15 is 0 Å². The van der Waals surface area contributed by atoms with E-state index in [1.54, 1.807) is 25.1 Å². The topological polar surface area (TPSA) is 105 Å². The molecule has 0 spiro atoms. The van der Waals surface area contributed by atoms with Gasteiger partial charge in [-0.25, -0.2) is 8.42 Å². The first-order valence-corrected chi connectivity index (χ1v) is 14.4. The van der Waals surface area contributed by atoms with Gasteiger partial charge in [0.05, 0.1) is 11.9 Å². The van der Waals surface area contributed by atoms with Crippen LogP contribution in [0.5, 0.6) is 11.5 Å². The van der Waals surface area contributed by atoms with Crippen LogP contribution in [0.15, 0.2) is 46.9 Å².